The number of hydrogen-bond acceptors (Lipinski definition) is 1. The van der Waals surface area contributed by atoms with Crippen molar-refractivity contribution in [1.82, 2.24) is 5.32 Å². The summed E-state index contributed by atoms with van der Waals surface area (Å²) in [4.78, 5) is 11.8. The van der Waals surface area contributed by atoms with Crippen LogP contribution in [0.4, 0.5) is 14.9 Å². The molecule has 2 amide bonds. The van der Waals surface area contributed by atoms with E-state index in [2.05, 4.69) is 26.6 Å². The van der Waals surface area contributed by atoms with Gasteiger partial charge >= 0.3 is 6.03 Å². The molecule has 0 aliphatic carbocycles. The Bertz CT molecular complexity index is 618. The number of carbonyl (C=O) groups excluding carboxylic acids is 1. The summed E-state index contributed by atoms with van der Waals surface area (Å²) in [7, 11) is 0. The number of anilines is 1. The first kappa shape index (κ1) is 14.5. The highest BCUT2D eigenvalue weighted by Gasteiger charge is 2.10. The standard InChI is InChI=1S/C15H14BrFN2O/c1-10(11-4-2-5-12(16)8-11)18-15(20)19-14-7-3-6-13(17)9-14/h2-10H,1H3,(H2,18,19,20). The zero-order valence-corrected chi connectivity index (χ0v) is 12.4. The summed E-state index contributed by atoms with van der Waals surface area (Å²) >= 11 is 3.39. The van der Waals surface area contributed by atoms with Gasteiger partial charge in [0.15, 0.2) is 0 Å². The van der Waals surface area contributed by atoms with Crippen molar-refractivity contribution in [2.45, 2.75) is 13.0 Å². The van der Waals surface area contributed by atoms with Gasteiger partial charge in [-0.1, -0.05) is 34.1 Å². The molecule has 0 fully saturated rings. The van der Waals surface area contributed by atoms with E-state index >= 15 is 0 Å². The molecular formula is C15H14BrFN2O. The van der Waals surface area contributed by atoms with E-state index in [1.165, 1.54) is 12.1 Å². The highest BCUT2D eigenvalue weighted by atomic mass is 79.9. The molecular weight excluding hydrogens is 323 g/mol. The Kier molecular flexibility index (Phi) is 4.74. The largest absolute Gasteiger partial charge is 0.331 e. The van der Waals surface area contributed by atoms with Crippen molar-refractivity contribution in [2.24, 2.45) is 0 Å². The fourth-order valence-corrected chi connectivity index (χ4v) is 2.21. The Labute approximate surface area is 125 Å². The van der Waals surface area contributed by atoms with E-state index in [1.54, 1.807) is 12.1 Å². The van der Waals surface area contributed by atoms with Gasteiger partial charge in [0, 0.05) is 10.2 Å². The maximum atomic E-state index is 13.0. The van der Waals surface area contributed by atoms with Crippen molar-refractivity contribution in [2.75, 3.05) is 5.32 Å². The van der Waals surface area contributed by atoms with E-state index < -0.39 is 0 Å². The van der Waals surface area contributed by atoms with Gasteiger partial charge < -0.3 is 10.6 Å². The number of halogens is 2. The van der Waals surface area contributed by atoms with Crippen LogP contribution in [0.2, 0.25) is 0 Å². The van der Waals surface area contributed by atoms with Crippen molar-refractivity contribution in [3.8, 4) is 0 Å². The highest BCUT2D eigenvalue weighted by molar-refractivity contribution is 9.10. The van der Waals surface area contributed by atoms with E-state index in [4.69, 9.17) is 0 Å². The lowest BCUT2D eigenvalue weighted by atomic mass is 10.1. The molecule has 0 spiro atoms. The van der Waals surface area contributed by atoms with Crippen LogP contribution < -0.4 is 10.6 Å². The molecule has 20 heavy (non-hydrogen) atoms. The summed E-state index contributed by atoms with van der Waals surface area (Å²) in [6.45, 7) is 1.88. The molecule has 104 valence electrons. The maximum Gasteiger partial charge on any atom is 0.319 e. The third-order valence-electron chi connectivity index (χ3n) is 2.78. The minimum Gasteiger partial charge on any atom is -0.331 e. The second-order valence-electron chi connectivity index (χ2n) is 4.39. The average Bonchev–Trinajstić information content (AvgIpc) is 2.38. The van der Waals surface area contributed by atoms with Crippen LogP contribution in [0.25, 0.3) is 0 Å². The number of nitrogens with one attached hydrogen (secondary N) is 2. The molecule has 1 atom stereocenters. The second-order valence-corrected chi connectivity index (χ2v) is 5.30. The van der Waals surface area contributed by atoms with E-state index in [9.17, 15) is 9.18 Å². The fraction of sp³-hybridized carbons (Fsp3) is 0.133. The van der Waals surface area contributed by atoms with Gasteiger partial charge in [0.1, 0.15) is 5.82 Å². The fourth-order valence-electron chi connectivity index (χ4n) is 1.79. The SMILES string of the molecule is CC(NC(=O)Nc1cccc(F)c1)c1cccc(Br)c1. The molecule has 1 unspecified atom stereocenters. The quantitative estimate of drug-likeness (QED) is 0.852. The molecule has 0 saturated carbocycles. The van der Waals surface area contributed by atoms with E-state index in [0.29, 0.717) is 5.69 Å². The van der Waals surface area contributed by atoms with Gasteiger partial charge in [0.05, 0.1) is 6.04 Å². The smallest absolute Gasteiger partial charge is 0.319 e. The normalized spacial score (nSPS) is 11.8. The van der Waals surface area contributed by atoms with Crippen LogP contribution in [0, 0.1) is 5.82 Å². The number of carbonyl (C=O) groups is 1. The lowest BCUT2D eigenvalue weighted by Crippen LogP contribution is -2.31. The van der Waals surface area contributed by atoms with Crippen molar-refractivity contribution in [3.63, 3.8) is 0 Å². The predicted molar refractivity (Wildman–Crippen MR) is 81.1 cm³/mol. The second kappa shape index (κ2) is 6.52. The lowest BCUT2D eigenvalue weighted by molar-refractivity contribution is 0.249. The minimum atomic E-state index is -0.386. The average molecular weight is 337 g/mol. The van der Waals surface area contributed by atoms with Gasteiger partial charge in [0.2, 0.25) is 0 Å². The van der Waals surface area contributed by atoms with Gasteiger partial charge in [-0.25, -0.2) is 9.18 Å². The van der Waals surface area contributed by atoms with Gasteiger partial charge in [-0.3, -0.25) is 0 Å². The third-order valence-corrected chi connectivity index (χ3v) is 3.27. The maximum absolute atomic E-state index is 13.0. The number of benzene rings is 2. The molecule has 2 N–H and O–H groups in total. The summed E-state index contributed by atoms with van der Waals surface area (Å²) < 4.78 is 14.0. The first-order chi connectivity index (χ1) is 9.54. The minimum absolute atomic E-state index is 0.152. The molecule has 3 nitrogen and oxygen atoms in total. The van der Waals surface area contributed by atoms with Gasteiger partial charge in [0.25, 0.3) is 0 Å². The van der Waals surface area contributed by atoms with Crippen LogP contribution in [0.5, 0.6) is 0 Å². The van der Waals surface area contributed by atoms with Crippen LogP contribution in [0.15, 0.2) is 53.0 Å². The summed E-state index contributed by atoms with van der Waals surface area (Å²) in [5.74, 6) is -0.386. The molecule has 2 aromatic rings. The molecule has 0 heterocycles. The summed E-state index contributed by atoms with van der Waals surface area (Å²) in [5, 5.41) is 5.39. The van der Waals surface area contributed by atoms with Crippen LogP contribution in [-0.4, -0.2) is 6.03 Å². The van der Waals surface area contributed by atoms with Gasteiger partial charge in [-0.15, -0.1) is 0 Å². The van der Waals surface area contributed by atoms with Crippen LogP contribution >= 0.6 is 15.9 Å². The Morgan fingerprint density at radius 1 is 1.20 bits per heavy atom. The van der Waals surface area contributed by atoms with E-state index in [-0.39, 0.29) is 17.9 Å². The molecule has 5 heteroatoms. The monoisotopic (exact) mass is 336 g/mol. The lowest BCUT2D eigenvalue weighted by Gasteiger charge is -2.15. The molecule has 2 aromatic carbocycles. The summed E-state index contributed by atoms with van der Waals surface area (Å²) in [6.07, 6.45) is 0. The molecule has 0 aliphatic rings. The van der Waals surface area contributed by atoms with Crippen LogP contribution in [-0.2, 0) is 0 Å². The number of rotatable bonds is 3. The van der Waals surface area contributed by atoms with Crippen molar-refractivity contribution >= 4 is 27.6 Å². The molecule has 0 radical (unpaired) electrons. The first-order valence-electron chi connectivity index (χ1n) is 6.13. The number of hydrogen-bond donors (Lipinski definition) is 2. The Morgan fingerprint density at radius 2 is 1.95 bits per heavy atom. The van der Waals surface area contributed by atoms with Crippen LogP contribution in [0.3, 0.4) is 0 Å². The van der Waals surface area contributed by atoms with E-state index in [0.717, 1.165) is 10.0 Å². The molecule has 0 saturated heterocycles. The van der Waals surface area contributed by atoms with E-state index in [1.807, 2.05) is 31.2 Å². The van der Waals surface area contributed by atoms with Crippen molar-refractivity contribution in [3.05, 3.63) is 64.4 Å². The number of amides is 2. The third kappa shape index (κ3) is 4.06. The summed E-state index contributed by atoms with van der Waals surface area (Å²) in [6, 6.07) is 12.9. The Hall–Kier alpha value is -1.88. The zero-order valence-electron chi connectivity index (χ0n) is 10.9. The molecule has 0 bridgehead atoms. The molecule has 0 aromatic heterocycles. The highest BCUT2D eigenvalue weighted by Crippen LogP contribution is 2.18. The van der Waals surface area contributed by atoms with Crippen LogP contribution in [0.1, 0.15) is 18.5 Å². The zero-order chi connectivity index (χ0) is 14.5. The van der Waals surface area contributed by atoms with Gasteiger partial charge in [-0.05, 0) is 42.8 Å². The Morgan fingerprint density at radius 3 is 2.65 bits per heavy atom. The van der Waals surface area contributed by atoms with Crippen molar-refractivity contribution in [1.29, 1.82) is 0 Å². The summed E-state index contributed by atoms with van der Waals surface area (Å²) in [5.41, 5.74) is 1.40. The molecule has 2 rings (SSSR count). The topological polar surface area (TPSA) is 41.1 Å². The number of urea groups is 1. The molecule has 0 aliphatic heterocycles. The Balaban J connectivity index is 1.97. The first-order valence-corrected chi connectivity index (χ1v) is 6.92. The predicted octanol–water partition coefficient (Wildman–Crippen LogP) is 4.47. The van der Waals surface area contributed by atoms with Gasteiger partial charge in [-0.2, -0.15) is 0 Å². The van der Waals surface area contributed by atoms with Crippen molar-refractivity contribution < 1.29 is 9.18 Å².